The number of benzene rings is 1. The highest BCUT2D eigenvalue weighted by Gasteiger charge is 2.26. The first-order valence-electron chi connectivity index (χ1n) is 7.38. The minimum absolute atomic E-state index is 0.0502. The smallest absolute Gasteiger partial charge is 0.358 e. The number of hydrogen-bond acceptors (Lipinski definition) is 5. The Morgan fingerprint density at radius 1 is 1.04 bits per heavy atom. The zero-order valence-electron chi connectivity index (χ0n) is 13.1. The summed E-state index contributed by atoms with van der Waals surface area (Å²) in [4.78, 5) is 24.0. The molecule has 0 spiro atoms. The number of esters is 2. The fraction of sp³-hybridized carbons (Fsp3) is 0.294. The lowest BCUT2D eigenvalue weighted by Crippen LogP contribution is -2.12. The van der Waals surface area contributed by atoms with Crippen LogP contribution >= 0.6 is 0 Å². The molecule has 0 saturated carbocycles. The first kappa shape index (κ1) is 16.6. The number of carbonyl (C=O) groups excluding carboxylic acids is 2. The fourth-order valence-electron chi connectivity index (χ4n) is 2.22. The molecule has 0 saturated heterocycles. The molecule has 6 nitrogen and oxygen atoms in total. The Balaban J connectivity index is 2.43. The van der Waals surface area contributed by atoms with E-state index in [0.29, 0.717) is 6.54 Å². The molecule has 2 rings (SSSR count). The highest BCUT2D eigenvalue weighted by atomic mass is 16.5. The highest BCUT2D eigenvalue weighted by Crippen LogP contribution is 2.27. The molecule has 0 aliphatic rings. The summed E-state index contributed by atoms with van der Waals surface area (Å²) in [6.45, 7) is 4.01. The van der Waals surface area contributed by atoms with E-state index in [9.17, 15) is 14.7 Å². The summed E-state index contributed by atoms with van der Waals surface area (Å²) in [7, 11) is 0. The highest BCUT2D eigenvalue weighted by molar-refractivity contribution is 5.99. The normalized spacial score (nSPS) is 10.3. The monoisotopic (exact) mass is 317 g/mol. The number of nitrogens with zero attached hydrogens (tertiary/aromatic N) is 1. The SMILES string of the molecule is CCOC(=O)c1cn(Cc2ccccc2)c(C(=O)OCC)c1O. The Bertz CT molecular complexity index is 691. The predicted octanol–water partition coefficient (Wildman–Crippen LogP) is 2.60. The van der Waals surface area contributed by atoms with Gasteiger partial charge in [-0.05, 0) is 19.4 Å². The van der Waals surface area contributed by atoms with Crippen molar-refractivity contribution in [3.05, 3.63) is 53.3 Å². The van der Waals surface area contributed by atoms with E-state index >= 15 is 0 Å². The van der Waals surface area contributed by atoms with Gasteiger partial charge in [-0.3, -0.25) is 0 Å². The first-order valence-corrected chi connectivity index (χ1v) is 7.38. The van der Waals surface area contributed by atoms with Crippen LogP contribution in [0.25, 0.3) is 0 Å². The quantitative estimate of drug-likeness (QED) is 0.829. The summed E-state index contributed by atoms with van der Waals surface area (Å²) in [5, 5.41) is 10.3. The van der Waals surface area contributed by atoms with Crippen LogP contribution in [-0.2, 0) is 16.0 Å². The Labute approximate surface area is 134 Å². The molecule has 1 heterocycles. The van der Waals surface area contributed by atoms with Gasteiger partial charge in [0.25, 0.3) is 0 Å². The maximum Gasteiger partial charge on any atom is 0.358 e. The topological polar surface area (TPSA) is 77.8 Å². The summed E-state index contributed by atoms with van der Waals surface area (Å²) >= 11 is 0. The van der Waals surface area contributed by atoms with E-state index in [4.69, 9.17) is 9.47 Å². The zero-order chi connectivity index (χ0) is 16.8. The molecule has 0 atom stereocenters. The third kappa shape index (κ3) is 3.71. The van der Waals surface area contributed by atoms with Crippen LogP contribution in [0.3, 0.4) is 0 Å². The molecule has 0 aliphatic heterocycles. The van der Waals surface area contributed by atoms with E-state index < -0.39 is 17.7 Å². The van der Waals surface area contributed by atoms with Gasteiger partial charge in [-0.1, -0.05) is 30.3 Å². The minimum atomic E-state index is -0.684. The van der Waals surface area contributed by atoms with E-state index in [2.05, 4.69) is 0 Å². The van der Waals surface area contributed by atoms with Crippen LogP contribution in [-0.4, -0.2) is 34.8 Å². The van der Waals surface area contributed by atoms with Crippen molar-refractivity contribution in [2.75, 3.05) is 13.2 Å². The predicted molar refractivity (Wildman–Crippen MR) is 83.6 cm³/mol. The maximum absolute atomic E-state index is 12.1. The lowest BCUT2D eigenvalue weighted by Gasteiger charge is -2.08. The average molecular weight is 317 g/mol. The number of aromatic hydroxyl groups is 1. The molecule has 2 aromatic rings. The van der Waals surface area contributed by atoms with E-state index in [-0.39, 0.29) is 24.5 Å². The summed E-state index contributed by atoms with van der Waals surface area (Å²) < 4.78 is 11.4. The minimum Gasteiger partial charge on any atom is -0.505 e. The van der Waals surface area contributed by atoms with Gasteiger partial charge in [-0.25, -0.2) is 9.59 Å². The van der Waals surface area contributed by atoms with Gasteiger partial charge in [0.1, 0.15) is 5.56 Å². The number of carbonyl (C=O) groups is 2. The molecule has 0 bridgehead atoms. The van der Waals surface area contributed by atoms with Gasteiger partial charge in [0.15, 0.2) is 11.4 Å². The van der Waals surface area contributed by atoms with Gasteiger partial charge >= 0.3 is 11.9 Å². The molecule has 122 valence electrons. The molecule has 1 N–H and O–H groups in total. The molecule has 0 fully saturated rings. The van der Waals surface area contributed by atoms with Crippen molar-refractivity contribution in [2.24, 2.45) is 0 Å². The van der Waals surface area contributed by atoms with Crippen LogP contribution in [0.4, 0.5) is 0 Å². The Kier molecular flexibility index (Phi) is 5.41. The number of ether oxygens (including phenoxy) is 2. The van der Waals surface area contributed by atoms with Crippen LogP contribution in [0.2, 0.25) is 0 Å². The van der Waals surface area contributed by atoms with Crippen LogP contribution in [0.15, 0.2) is 36.5 Å². The van der Waals surface area contributed by atoms with Crippen molar-refractivity contribution >= 4 is 11.9 Å². The largest absolute Gasteiger partial charge is 0.505 e. The van der Waals surface area contributed by atoms with Gasteiger partial charge in [0.05, 0.1) is 13.2 Å². The standard InChI is InChI=1S/C17H19NO5/c1-3-22-16(20)13-11-18(10-12-8-6-5-7-9-12)14(15(13)19)17(21)23-4-2/h5-9,11,19H,3-4,10H2,1-2H3. The van der Waals surface area contributed by atoms with Crippen molar-refractivity contribution in [3.63, 3.8) is 0 Å². The lowest BCUT2D eigenvalue weighted by atomic mass is 10.2. The summed E-state index contributed by atoms with van der Waals surface area (Å²) in [6, 6.07) is 9.39. The van der Waals surface area contributed by atoms with Gasteiger partial charge < -0.3 is 19.1 Å². The van der Waals surface area contributed by atoms with Crippen molar-refractivity contribution in [2.45, 2.75) is 20.4 Å². The van der Waals surface area contributed by atoms with E-state index in [1.54, 1.807) is 13.8 Å². The van der Waals surface area contributed by atoms with E-state index in [1.807, 2.05) is 30.3 Å². The third-order valence-corrected chi connectivity index (χ3v) is 3.21. The van der Waals surface area contributed by atoms with Crippen LogP contribution in [0.5, 0.6) is 5.75 Å². The van der Waals surface area contributed by atoms with Gasteiger partial charge in [0, 0.05) is 12.7 Å². The molecular weight excluding hydrogens is 298 g/mol. The molecule has 0 radical (unpaired) electrons. The molecular formula is C17H19NO5. The average Bonchev–Trinajstić information content (AvgIpc) is 2.85. The third-order valence-electron chi connectivity index (χ3n) is 3.21. The molecule has 1 aromatic heterocycles. The van der Waals surface area contributed by atoms with Gasteiger partial charge in [-0.2, -0.15) is 0 Å². The Hall–Kier alpha value is -2.76. The molecule has 0 amide bonds. The fourth-order valence-corrected chi connectivity index (χ4v) is 2.22. The summed E-state index contributed by atoms with van der Waals surface area (Å²) in [5.41, 5.74) is 0.813. The van der Waals surface area contributed by atoms with Gasteiger partial charge in [-0.15, -0.1) is 0 Å². The Morgan fingerprint density at radius 3 is 2.26 bits per heavy atom. The lowest BCUT2D eigenvalue weighted by molar-refractivity contribution is 0.0510. The van der Waals surface area contributed by atoms with Crippen molar-refractivity contribution in [1.82, 2.24) is 4.57 Å². The second-order valence-corrected chi connectivity index (χ2v) is 4.79. The zero-order valence-corrected chi connectivity index (χ0v) is 13.1. The molecule has 1 aromatic carbocycles. The number of hydrogen-bond donors (Lipinski definition) is 1. The van der Waals surface area contributed by atoms with Crippen LogP contribution < -0.4 is 0 Å². The molecule has 0 aliphatic carbocycles. The number of rotatable bonds is 6. The van der Waals surface area contributed by atoms with Crippen LogP contribution in [0.1, 0.15) is 40.3 Å². The number of aromatic nitrogens is 1. The summed E-state index contributed by atoms with van der Waals surface area (Å²) in [6.07, 6.45) is 1.41. The second kappa shape index (κ2) is 7.49. The van der Waals surface area contributed by atoms with Crippen molar-refractivity contribution in [1.29, 1.82) is 0 Å². The van der Waals surface area contributed by atoms with Crippen molar-refractivity contribution < 1.29 is 24.2 Å². The Morgan fingerprint density at radius 2 is 1.65 bits per heavy atom. The second-order valence-electron chi connectivity index (χ2n) is 4.79. The maximum atomic E-state index is 12.1. The molecule has 23 heavy (non-hydrogen) atoms. The summed E-state index contributed by atoms with van der Waals surface area (Å²) in [5.74, 6) is -1.78. The van der Waals surface area contributed by atoms with E-state index in [0.717, 1.165) is 5.56 Å². The van der Waals surface area contributed by atoms with E-state index in [1.165, 1.54) is 10.8 Å². The van der Waals surface area contributed by atoms with Gasteiger partial charge in [0.2, 0.25) is 0 Å². The molecule has 0 unspecified atom stereocenters. The molecule has 6 heteroatoms. The van der Waals surface area contributed by atoms with Crippen molar-refractivity contribution in [3.8, 4) is 5.75 Å². The first-order chi connectivity index (χ1) is 11.1. The van der Waals surface area contributed by atoms with Crippen LogP contribution in [0, 0.1) is 0 Å².